The van der Waals surface area contributed by atoms with Crippen molar-refractivity contribution < 1.29 is 9.53 Å². The lowest BCUT2D eigenvalue weighted by Crippen LogP contribution is -2.24. The van der Waals surface area contributed by atoms with Crippen molar-refractivity contribution in [2.45, 2.75) is 4.58 Å². The number of ether oxygens (including phenoxy) is 1. The van der Waals surface area contributed by atoms with Gasteiger partial charge < -0.3 is 9.64 Å². The second-order valence-corrected chi connectivity index (χ2v) is 9.91. The number of hydrogen-bond acceptors (Lipinski definition) is 6. The van der Waals surface area contributed by atoms with E-state index in [4.69, 9.17) is 4.74 Å². The third-order valence-electron chi connectivity index (χ3n) is 4.00. The SMILES string of the molecule is CN(C)c1ccc(/C=N\NC(=O)COc2ccc(C3SCCS3)cc2)cc1Br. The number of nitrogens with one attached hydrogen (secondary N) is 1. The van der Waals surface area contributed by atoms with Crippen LogP contribution in [0.15, 0.2) is 52.0 Å². The monoisotopic (exact) mass is 479 g/mol. The van der Waals surface area contributed by atoms with Crippen LogP contribution in [0.1, 0.15) is 15.7 Å². The lowest BCUT2D eigenvalue weighted by Gasteiger charge is -2.14. The fraction of sp³-hybridized carbons (Fsp3) is 0.300. The van der Waals surface area contributed by atoms with E-state index in [1.54, 1.807) is 6.21 Å². The van der Waals surface area contributed by atoms with Gasteiger partial charge >= 0.3 is 0 Å². The van der Waals surface area contributed by atoms with E-state index in [2.05, 4.69) is 38.6 Å². The van der Waals surface area contributed by atoms with E-state index in [9.17, 15) is 4.79 Å². The Bertz CT molecular complexity index is 838. The van der Waals surface area contributed by atoms with Gasteiger partial charge in [0.15, 0.2) is 6.61 Å². The lowest BCUT2D eigenvalue weighted by molar-refractivity contribution is -0.123. The summed E-state index contributed by atoms with van der Waals surface area (Å²) in [4.78, 5) is 13.9. The maximum atomic E-state index is 11.9. The molecule has 3 rings (SSSR count). The molecule has 0 aliphatic carbocycles. The second kappa shape index (κ2) is 10.2. The topological polar surface area (TPSA) is 53.9 Å². The predicted molar refractivity (Wildman–Crippen MR) is 124 cm³/mol. The quantitative estimate of drug-likeness (QED) is 0.467. The molecule has 0 atom stereocenters. The highest BCUT2D eigenvalue weighted by molar-refractivity contribution is 9.10. The Morgan fingerprint density at radius 1 is 1.25 bits per heavy atom. The van der Waals surface area contributed by atoms with Gasteiger partial charge in [0.25, 0.3) is 5.91 Å². The first-order valence-corrected chi connectivity index (χ1v) is 11.7. The first kappa shape index (κ1) is 21.1. The molecule has 1 aliphatic heterocycles. The molecule has 1 heterocycles. The van der Waals surface area contributed by atoms with Crippen molar-refractivity contribution in [1.82, 2.24) is 5.43 Å². The summed E-state index contributed by atoms with van der Waals surface area (Å²) in [6, 6.07) is 13.8. The van der Waals surface area contributed by atoms with Crippen molar-refractivity contribution in [2.24, 2.45) is 5.10 Å². The molecule has 0 radical (unpaired) electrons. The standard InChI is InChI=1S/C20H22BrN3O2S2/c1-24(2)18-8-3-14(11-17(18)21)12-22-23-19(25)13-26-16-6-4-15(5-7-16)20-27-9-10-28-20/h3-8,11-12,20H,9-10,13H2,1-2H3,(H,23,25)/b22-12-. The van der Waals surface area contributed by atoms with Crippen LogP contribution in [0, 0.1) is 0 Å². The molecule has 1 fully saturated rings. The van der Waals surface area contributed by atoms with Crippen LogP contribution >= 0.6 is 39.5 Å². The van der Waals surface area contributed by atoms with Gasteiger partial charge in [0.1, 0.15) is 5.75 Å². The largest absolute Gasteiger partial charge is 0.484 e. The van der Waals surface area contributed by atoms with Crippen LogP contribution in [0.25, 0.3) is 0 Å². The Balaban J connectivity index is 1.45. The van der Waals surface area contributed by atoms with E-state index >= 15 is 0 Å². The van der Waals surface area contributed by atoms with Gasteiger partial charge in [-0.25, -0.2) is 5.43 Å². The summed E-state index contributed by atoms with van der Waals surface area (Å²) in [7, 11) is 3.96. The first-order valence-electron chi connectivity index (χ1n) is 8.77. The number of carbonyl (C=O) groups excluding carboxylic acids is 1. The van der Waals surface area contributed by atoms with Crippen LogP contribution in [0.2, 0.25) is 0 Å². The normalized spacial score (nSPS) is 14.4. The first-order chi connectivity index (χ1) is 13.5. The van der Waals surface area contributed by atoms with E-state index in [-0.39, 0.29) is 12.5 Å². The number of halogens is 1. The zero-order chi connectivity index (χ0) is 19.9. The van der Waals surface area contributed by atoms with Gasteiger partial charge in [-0.3, -0.25) is 4.79 Å². The van der Waals surface area contributed by atoms with Crippen molar-refractivity contribution in [2.75, 3.05) is 37.1 Å². The molecule has 0 spiro atoms. The zero-order valence-electron chi connectivity index (χ0n) is 15.7. The molecule has 0 unspecified atom stereocenters. The van der Waals surface area contributed by atoms with Crippen molar-refractivity contribution in [3.8, 4) is 5.75 Å². The van der Waals surface area contributed by atoms with Crippen molar-refractivity contribution in [3.63, 3.8) is 0 Å². The Kier molecular flexibility index (Phi) is 7.70. The van der Waals surface area contributed by atoms with E-state index < -0.39 is 0 Å². The Labute approximate surface area is 182 Å². The molecule has 28 heavy (non-hydrogen) atoms. The van der Waals surface area contributed by atoms with Crippen LogP contribution in [-0.4, -0.2) is 44.3 Å². The highest BCUT2D eigenvalue weighted by Gasteiger charge is 2.17. The zero-order valence-corrected chi connectivity index (χ0v) is 18.9. The smallest absolute Gasteiger partial charge is 0.277 e. The number of thioether (sulfide) groups is 2. The van der Waals surface area contributed by atoms with Crippen molar-refractivity contribution >= 4 is 57.3 Å². The van der Waals surface area contributed by atoms with Crippen molar-refractivity contribution in [3.05, 3.63) is 58.1 Å². The summed E-state index contributed by atoms with van der Waals surface area (Å²) < 4.78 is 7.02. The van der Waals surface area contributed by atoms with Gasteiger partial charge in [-0.1, -0.05) is 18.2 Å². The average molecular weight is 480 g/mol. The maximum absolute atomic E-state index is 11.9. The summed E-state index contributed by atoms with van der Waals surface area (Å²) in [5.41, 5.74) is 5.74. The second-order valence-electron chi connectivity index (χ2n) is 6.33. The fourth-order valence-electron chi connectivity index (χ4n) is 2.60. The molecule has 8 heteroatoms. The number of nitrogens with zero attached hydrogens (tertiary/aromatic N) is 2. The number of hydrazone groups is 1. The fourth-order valence-corrected chi connectivity index (χ4v) is 6.21. The Hall–Kier alpha value is -1.64. The molecule has 1 aliphatic rings. The number of anilines is 1. The van der Waals surface area contributed by atoms with E-state index in [1.807, 2.05) is 72.9 Å². The molecule has 1 N–H and O–H groups in total. The van der Waals surface area contributed by atoms with E-state index in [1.165, 1.54) is 17.1 Å². The van der Waals surface area contributed by atoms with Gasteiger partial charge in [0.2, 0.25) is 0 Å². The summed E-state index contributed by atoms with van der Waals surface area (Å²) >= 11 is 7.47. The molecule has 0 aromatic heterocycles. The van der Waals surface area contributed by atoms with Crippen LogP contribution < -0.4 is 15.1 Å². The average Bonchev–Trinajstić information content (AvgIpc) is 3.21. The molecule has 1 saturated heterocycles. The highest BCUT2D eigenvalue weighted by atomic mass is 79.9. The summed E-state index contributed by atoms with van der Waals surface area (Å²) in [5.74, 6) is 2.78. The summed E-state index contributed by atoms with van der Waals surface area (Å²) in [6.45, 7) is -0.0765. The van der Waals surface area contributed by atoms with E-state index in [0.717, 1.165) is 15.7 Å². The number of benzene rings is 2. The lowest BCUT2D eigenvalue weighted by atomic mass is 10.2. The Morgan fingerprint density at radius 2 is 1.96 bits per heavy atom. The molecule has 148 valence electrons. The molecule has 2 aromatic rings. The van der Waals surface area contributed by atoms with E-state index in [0.29, 0.717) is 10.3 Å². The maximum Gasteiger partial charge on any atom is 0.277 e. The molecular formula is C20H22BrN3O2S2. The van der Waals surface area contributed by atoms with Gasteiger partial charge in [0.05, 0.1) is 16.5 Å². The highest BCUT2D eigenvalue weighted by Crippen LogP contribution is 2.45. The molecule has 2 aromatic carbocycles. The summed E-state index contributed by atoms with van der Waals surface area (Å²) in [5, 5.41) is 3.99. The van der Waals surface area contributed by atoms with Gasteiger partial charge in [-0.2, -0.15) is 5.10 Å². The number of hydrogen-bond donors (Lipinski definition) is 1. The van der Waals surface area contributed by atoms with Crippen LogP contribution in [0.5, 0.6) is 5.75 Å². The third kappa shape index (κ3) is 5.93. The number of rotatable bonds is 7. The van der Waals surface area contributed by atoms with Gasteiger partial charge in [-0.15, -0.1) is 23.5 Å². The Morgan fingerprint density at radius 3 is 2.61 bits per heavy atom. The minimum atomic E-state index is -0.300. The van der Waals surface area contributed by atoms with Gasteiger partial charge in [0, 0.05) is 30.1 Å². The molecule has 0 bridgehead atoms. The third-order valence-corrected chi connectivity index (χ3v) is 7.74. The van der Waals surface area contributed by atoms with Crippen LogP contribution in [0.3, 0.4) is 0 Å². The number of carbonyl (C=O) groups is 1. The number of amides is 1. The predicted octanol–water partition coefficient (Wildman–Crippen LogP) is 4.52. The minimum absolute atomic E-state index is 0.0765. The van der Waals surface area contributed by atoms with Crippen LogP contribution in [-0.2, 0) is 4.79 Å². The summed E-state index contributed by atoms with van der Waals surface area (Å²) in [6.07, 6.45) is 1.60. The van der Waals surface area contributed by atoms with Crippen molar-refractivity contribution in [1.29, 1.82) is 0 Å². The molecule has 5 nitrogen and oxygen atoms in total. The molecule has 1 amide bonds. The minimum Gasteiger partial charge on any atom is -0.484 e. The van der Waals surface area contributed by atoms with Gasteiger partial charge in [-0.05, 0) is 51.3 Å². The molecular weight excluding hydrogens is 458 g/mol. The van der Waals surface area contributed by atoms with Crippen LogP contribution in [0.4, 0.5) is 5.69 Å². The molecule has 0 saturated carbocycles.